The first-order valence-corrected chi connectivity index (χ1v) is 9.28. The minimum Gasteiger partial charge on any atom is -0.258 e. The second-order valence-electron chi connectivity index (χ2n) is 6.92. The van der Waals surface area contributed by atoms with Gasteiger partial charge in [0.2, 0.25) is 10.0 Å². The molecule has 7 heteroatoms. The Morgan fingerprint density at radius 1 is 1.00 bits per heavy atom. The van der Waals surface area contributed by atoms with Crippen LogP contribution >= 0.6 is 0 Å². The summed E-state index contributed by atoms with van der Waals surface area (Å²) in [7, 11) is -3.70. The van der Waals surface area contributed by atoms with E-state index in [1.807, 2.05) is 27.7 Å². The van der Waals surface area contributed by atoms with Crippen molar-refractivity contribution >= 4 is 15.7 Å². The Balaban J connectivity index is 2.39. The first kappa shape index (κ1) is 19.1. The van der Waals surface area contributed by atoms with Gasteiger partial charge in [-0.1, -0.05) is 29.8 Å². The highest BCUT2D eigenvalue weighted by molar-refractivity contribution is 7.89. The first-order chi connectivity index (χ1) is 11.5. The topological polar surface area (TPSA) is 80.5 Å². The molecule has 0 radical (unpaired) electrons. The third kappa shape index (κ3) is 4.43. The Kier molecular flexibility index (Phi) is 5.29. The third-order valence-electron chi connectivity index (χ3n) is 3.83. The van der Waals surface area contributed by atoms with Gasteiger partial charge in [-0.2, -0.15) is 4.31 Å². The van der Waals surface area contributed by atoms with E-state index in [1.165, 1.54) is 16.4 Å². The van der Waals surface area contributed by atoms with Gasteiger partial charge in [-0.05, 0) is 45.4 Å². The average Bonchev–Trinajstić information content (AvgIpc) is 2.52. The molecule has 0 aliphatic carbocycles. The van der Waals surface area contributed by atoms with Crippen LogP contribution in [0.15, 0.2) is 53.4 Å². The molecule has 0 spiro atoms. The van der Waals surface area contributed by atoms with Gasteiger partial charge in [0.15, 0.2) is 0 Å². The standard InChI is InChI=1S/C18H22N2O4S/c1-14-5-11-17(12-6-14)25(23,24)19(18(2,3)4)13-15-7-9-16(10-8-15)20(21)22/h5-12H,13H2,1-4H3. The van der Waals surface area contributed by atoms with Gasteiger partial charge < -0.3 is 0 Å². The van der Waals surface area contributed by atoms with Crippen LogP contribution in [-0.4, -0.2) is 23.2 Å². The predicted octanol–water partition coefficient (Wildman–Crippen LogP) is 3.89. The summed E-state index contributed by atoms with van der Waals surface area (Å²) in [5, 5.41) is 10.8. The lowest BCUT2D eigenvalue weighted by atomic mass is 10.1. The fourth-order valence-corrected chi connectivity index (χ4v) is 4.18. The number of nitro benzene ring substituents is 1. The van der Waals surface area contributed by atoms with E-state index in [0.29, 0.717) is 5.56 Å². The maximum Gasteiger partial charge on any atom is 0.269 e. The van der Waals surface area contributed by atoms with E-state index in [2.05, 4.69) is 0 Å². The van der Waals surface area contributed by atoms with Crippen LogP contribution in [0.3, 0.4) is 0 Å². The predicted molar refractivity (Wildman–Crippen MR) is 96.8 cm³/mol. The van der Waals surface area contributed by atoms with Gasteiger partial charge in [0.1, 0.15) is 0 Å². The Morgan fingerprint density at radius 2 is 1.52 bits per heavy atom. The van der Waals surface area contributed by atoms with Crippen molar-refractivity contribution in [2.45, 2.75) is 44.7 Å². The average molecular weight is 362 g/mol. The van der Waals surface area contributed by atoms with Crippen molar-refractivity contribution in [3.63, 3.8) is 0 Å². The van der Waals surface area contributed by atoms with Gasteiger partial charge in [0.25, 0.3) is 5.69 Å². The molecule has 0 aliphatic heterocycles. The molecule has 0 heterocycles. The third-order valence-corrected chi connectivity index (χ3v) is 5.96. The van der Waals surface area contributed by atoms with E-state index < -0.39 is 20.5 Å². The van der Waals surface area contributed by atoms with Crippen LogP contribution < -0.4 is 0 Å². The molecule has 0 saturated carbocycles. The number of rotatable bonds is 5. The molecule has 134 valence electrons. The largest absolute Gasteiger partial charge is 0.269 e. The molecule has 0 fully saturated rings. The van der Waals surface area contributed by atoms with E-state index in [1.54, 1.807) is 36.4 Å². The summed E-state index contributed by atoms with van der Waals surface area (Å²) in [6.07, 6.45) is 0. The van der Waals surface area contributed by atoms with Crippen LogP contribution in [0.25, 0.3) is 0 Å². The Bertz CT molecular complexity index is 851. The van der Waals surface area contributed by atoms with Gasteiger partial charge in [-0.25, -0.2) is 8.42 Å². The van der Waals surface area contributed by atoms with E-state index >= 15 is 0 Å². The highest BCUT2D eigenvalue weighted by atomic mass is 32.2. The SMILES string of the molecule is Cc1ccc(S(=O)(=O)N(Cc2ccc([N+](=O)[O-])cc2)C(C)(C)C)cc1. The van der Waals surface area contributed by atoms with Gasteiger partial charge >= 0.3 is 0 Å². The quantitative estimate of drug-likeness (QED) is 0.597. The minimum absolute atomic E-state index is 0.0209. The molecule has 2 aromatic rings. The monoisotopic (exact) mass is 362 g/mol. The molecular weight excluding hydrogens is 340 g/mol. The molecule has 0 amide bonds. The summed E-state index contributed by atoms with van der Waals surface area (Å²) < 4.78 is 27.6. The van der Waals surface area contributed by atoms with Gasteiger partial charge in [0.05, 0.1) is 9.82 Å². The van der Waals surface area contributed by atoms with Crippen LogP contribution in [0.2, 0.25) is 0 Å². The molecule has 2 rings (SSSR count). The van der Waals surface area contributed by atoms with Gasteiger partial charge in [-0.3, -0.25) is 10.1 Å². The van der Waals surface area contributed by atoms with Crippen LogP contribution in [0.4, 0.5) is 5.69 Å². The summed E-state index contributed by atoms with van der Waals surface area (Å²) >= 11 is 0. The van der Waals surface area contributed by atoms with Crippen molar-refractivity contribution in [2.24, 2.45) is 0 Å². The normalized spacial score (nSPS) is 12.4. The zero-order valence-electron chi connectivity index (χ0n) is 14.8. The maximum absolute atomic E-state index is 13.1. The molecular formula is C18H22N2O4S. The first-order valence-electron chi connectivity index (χ1n) is 7.84. The Morgan fingerprint density at radius 3 is 1.96 bits per heavy atom. The lowest BCUT2D eigenvalue weighted by Gasteiger charge is -2.34. The van der Waals surface area contributed by atoms with E-state index in [0.717, 1.165) is 5.56 Å². The van der Waals surface area contributed by atoms with Crippen LogP contribution in [0.5, 0.6) is 0 Å². The highest BCUT2D eigenvalue weighted by Gasteiger charge is 2.34. The van der Waals surface area contributed by atoms with E-state index in [9.17, 15) is 18.5 Å². The lowest BCUT2D eigenvalue weighted by molar-refractivity contribution is -0.384. The summed E-state index contributed by atoms with van der Waals surface area (Å²) in [5.74, 6) is 0. The molecule has 0 unspecified atom stereocenters. The van der Waals surface area contributed by atoms with Crippen molar-refractivity contribution < 1.29 is 13.3 Å². The van der Waals surface area contributed by atoms with Crippen molar-refractivity contribution in [2.75, 3.05) is 0 Å². The van der Waals surface area contributed by atoms with E-state index in [-0.39, 0.29) is 17.1 Å². The fourth-order valence-electron chi connectivity index (χ4n) is 2.41. The second kappa shape index (κ2) is 6.93. The molecule has 0 N–H and O–H groups in total. The Labute approximate surface area is 148 Å². The highest BCUT2D eigenvalue weighted by Crippen LogP contribution is 2.27. The molecule has 0 saturated heterocycles. The van der Waals surface area contributed by atoms with Gasteiger partial charge in [0, 0.05) is 24.2 Å². The van der Waals surface area contributed by atoms with Crippen LogP contribution in [0.1, 0.15) is 31.9 Å². The zero-order valence-corrected chi connectivity index (χ0v) is 15.6. The molecule has 0 aliphatic rings. The molecule has 0 atom stereocenters. The number of sulfonamides is 1. The smallest absolute Gasteiger partial charge is 0.258 e. The lowest BCUT2D eigenvalue weighted by Crippen LogP contribution is -2.44. The maximum atomic E-state index is 13.1. The minimum atomic E-state index is -3.70. The van der Waals surface area contributed by atoms with Crippen molar-refractivity contribution in [1.82, 2.24) is 4.31 Å². The number of hydrogen-bond donors (Lipinski definition) is 0. The number of benzene rings is 2. The summed E-state index contributed by atoms with van der Waals surface area (Å²) in [6, 6.07) is 12.7. The number of non-ortho nitro benzene ring substituents is 1. The van der Waals surface area contributed by atoms with Crippen LogP contribution in [-0.2, 0) is 16.6 Å². The molecule has 25 heavy (non-hydrogen) atoms. The van der Waals surface area contributed by atoms with E-state index in [4.69, 9.17) is 0 Å². The van der Waals surface area contributed by atoms with Crippen LogP contribution in [0, 0.1) is 17.0 Å². The van der Waals surface area contributed by atoms with Crippen molar-refractivity contribution in [3.05, 3.63) is 69.8 Å². The Hall–Kier alpha value is -2.25. The molecule has 2 aromatic carbocycles. The van der Waals surface area contributed by atoms with Gasteiger partial charge in [-0.15, -0.1) is 0 Å². The molecule has 6 nitrogen and oxygen atoms in total. The summed E-state index contributed by atoms with van der Waals surface area (Å²) in [6.45, 7) is 7.50. The van der Waals surface area contributed by atoms with Crippen molar-refractivity contribution in [3.8, 4) is 0 Å². The fraction of sp³-hybridized carbons (Fsp3) is 0.333. The molecule has 0 aromatic heterocycles. The number of nitrogens with zero attached hydrogens (tertiary/aromatic N) is 2. The summed E-state index contributed by atoms with van der Waals surface area (Å²) in [5.41, 5.74) is 1.01. The molecule has 0 bridgehead atoms. The summed E-state index contributed by atoms with van der Waals surface area (Å²) in [4.78, 5) is 10.5. The van der Waals surface area contributed by atoms with Crippen molar-refractivity contribution in [1.29, 1.82) is 0 Å². The number of aryl methyl sites for hydroxylation is 1. The number of nitro groups is 1. The second-order valence-corrected chi connectivity index (χ2v) is 8.78. The number of hydrogen-bond acceptors (Lipinski definition) is 4. The zero-order chi connectivity index (χ0) is 18.8.